The van der Waals surface area contributed by atoms with E-state index in [0.29, 0.717) is 31.7 Å². The number of methoxy groups -OCH3 is 1. The highest BCUT2D eigenvalue weighted by Gasteiger charge is 2.28. The van der Waals surface area contributed by atoms with Crippen molar-refractivity contribution in [2.24, 2.45) is 0 Å². The van der Waals surface area contributed by atoms with Crippen molar-refractivity contribution in [3.63, 3.8) is 0 Å². The van der Waals surface area contributed by atoms with E-state index >= 15 is 0 Å². The lowest BCUT2D eigenvalue weighted by Crippen LogP contribution is -2.36. The summed E-state index contributed by atoms with van der Waals surface area (Å²) in [7, 11) is 3.29. The molecule has 0 bridgehead atoms. The third-order valence-corrected chi connectivity index (χ3v) is 3.22. The summed E-state index contributed by atoms with van der Waals surface area (Å²) in [6, 6.07) is 3.14. The molecule has 2 amide bonds. The summed E-state index contributed by atoms with van der Waals surface area (Å²) >= 11 is 0. The van der Waals surface area contributed by atoms with Crippen LogP contribution in [0.4, 0.5) is 0 Å². The van der Waals surface area contributed by atoms with Crippen LogP contribution in [0, 0.1) is 0 Å². The van der Waals surface area contributed by atoms with Gasteiger partial charge >= 0.3 is 0 Å². The second-order valence-corrected chi connectivity index (χ2v) is 4.85. The molecule has 0 radical (unpaired) electrons. The van der Waals surface area contributed by atoms with E-state index in [0.717, 1.165) is 0 Å². The average Bonchev–Trinajstić information content (AvgIpc) is 2.78. The van der Waals surface area contributed by atoms with E-state index in [1.807, 2.05) is 0 Å². The van der Waals surface area contributed by atoms with Crippen molar-refractivity contribution in [3.05, 3.63) is 23.9 Å². The summed E-state index contributed by atoms with van der Waals surface area (Å²) in [4.78, 5) is 29.4. The predicted octanol–water partition coefficient (Wildman–Crippen LogP) is 0.0673. The van der Waals surface area contributed by atoms with E-state index in [4.69, 9.17) is 9.47 Å². The molecule has 0 saturated carbocycles. The van der Waals surface area contributed by atoms with Gasteiger partial charge in [0.15, 0.2) is 0 Å². The minimum Gasteiger partial charge on any atom is -0.475 e. The molecular formula is C14H19N3O4. The molecule has 1 aliphatic heterocycles. The zero-order valence-electron chi connectivity index (χ0n) is 12.2. The predicted molar refractivity (Wildman–Crippen MR) is 75.1 cm³/mol. The third-order valence-electron chi connectivity index (χ3n) is 3.22. The molecule has 7 heteroatoms. The normalized spacial score (nSPS) is 17.9. The van der Waals surface area contributed by atoms with Crippen LogP contribution in [0.2, 0.25) is 0 Å². The van der Waals surface area contributed by atoms with E-state index in [9.17, 15) is 9.59 Å². The van der Waals surface area contributed by atoms with Gasteiger partial charge in [-0.25, -0.2) is 4.98 Å². The molecule has 1 N–H and O–H groups in total. The summed E-state index contributed by atoms with van der Waals surface area (Å²) in [6.45, 7) is 1.25. The standard InChI is InChI=1S/C14H19N3O4/c1-17-9-10(8-12(17)18)16-13(19)11-4-3-5-15-14(11)21-7-6-20-2/h3-5,10H,6-9H2,1-2H3,(H,16,19)/t10-/m1/s1. The van der Waals surface area contributed by atoms with E-state index in [-0.39, 0.29) is 23.7 Å². The topological polar surface area (TPSA) is 80.8 Å². The maximum Gasteiger partial charge on any atom is 0.257 e. The quantitative estimate of drug-likeness (QED) is 0.751. The number of likely N-dealkylation sites (tertiary alicyclic amines) is 1. The van der Waals surface area contributed by atoms with Crippen molar-refractivity contribution in [1.82, 2.24) is 15.2 Å². The van der Waals surface area contributed by atoms with Gasteiger partial charge < -0.3 is 19.7 Å². The number of hydrogen-bond acceptors (Lipinski definition) is 5. The molecule has 0 spiro atoms. The maximum absolute atomic E-state index is 12.3. The number of likely N-dealkylation sites (N-methyl/N-ethyl adjacent to an activating group) is 1. The van der Waals surface area contributed by atoms with E-state index < -0.39 is 0 Å². The lowest BCUT2D eigenvalue weighted by Gasteiger charge is -2.14. The largest absolute Gasteiger partial charge is 0.475 e. The minimum absolute atomic E-state index is 0.0306. The lowest BCUT2D eigenvalue weighted by atomic mass is 10.2. The van der Waals surface area contributed by atoms with Crippen LogP contribution < -0.4 is 10.1 Å². The molecule has 114 valence electrons. The Balaban J connectivity index is 2.00. The first-order valence-corrected chi connectivity index (χ1v) is 6.73. The maximum atomic E-state index is 12.3. The van der Waals surface area contributed by atoms with Crippen molar-refractivity contribution < 1.29 is 19.1 Å². The Bertz CT molecular complexity index is 521. The molecule has 2 rings (SSSR count). The Morgan fingerprint density at radius 1 is 1.52 bits per heavy atom. The van der Waals surface area contributed by atoms with Crippen LogP contribution in [0.15, 0.2) is 18.3 Å². The van der Waals surface area contributed by atoms with E-state index in [1.54, 1.807) is 37.4 Å². The number of nitrogens with one attached hydrogen (secondary N) is 1. The zero-order valence-corrected chi connectivity index (χ0v) is 12.2. The van der Waals surface area contributed by atoms with E-state index in [2.05, 4.69) is 10.3 Å². The highest BCUT2D eigenvalue weighted by atomic mass is 16.5. The smallest absolute Gasteiger partial charge is 0.257 e. The van der Waals surface area contributed by atoms with Crippen LogP contribution >= 0.6 is 0 Å². The van der Waals surface area contributed by atoms with Crippen molar-refractivity contribution in [1.29, 1.82) is 0 Å². The fourth-order valence-electron chi connectivity index (χ4n) is 2.12. The van der Waals surface area contributed by atoms with Crippen LogP contribution in [-0.4, -0.2) is 61.7 Å². The van der Waals surface area contributed by atoms with E-state index in [1.165, 1.54) is 0 Å². The van der Waals surface area contributed by atoms with Crippen molar-refractivity contribution in [2.75, 3.05) is 33.9 Å². The van der Waals surface area contributed by atoms with Gasteiger partial charge in [0.05, 0.1) is 12.6 Å². The Morgan fingerprint density at radius 2 is 2.33 bits per heavy atom. The van der Waals surface area contributed by atoms with Crippen molar-refractivity contribution in [3.8, 4) is 5.88 Å². The first-order valence-electron chi connectivity index (χ1n) is 6.73. The molecule has 7 nitrogen and oxygen atoms in total. The number of carbonyl (C=O) groups excluding carboxylic acids is 2. The lowest BCUT2D eigenvalue weighted by molar-refractivity contribution is -0.126. The zero-order chi connectivity index (χ0) is 15.2. The first-order chi connectivity index (χ1) is 10.1. The average molecular weight is 293 g/mol. The van der Waals surface area contributed by atoms with Gasteiger partial charge in [0.2, 0.25) is 11.8 Å². The van der Waals surface area contributed by atoms with Gasteiger partial charge in [-0.1, -0.05) is 0 Å². The molecule has 1 atom stereocenters. The number of ether oxygens (including phenoxy) is 2. The number of hydrogen-bond donors (Lipinski definition) is 1. The van der Waals surface area contributed by atoms with Gasteiger partial charge in [0.1, 0.15) is 12.2 Å². The summed E-state index contributed by atoms with van der Waals surface area (Å²) in [5.41, 5.74) is 0.357. The number of rotatable bonds is 6. The van der Waals surface area contributed by atoms with Crippen molar-refractivity contribution in [2.45, 2.75) is 12.5 Å². The fourth-order valence-corrected chi connectivity index (χ4v) is 2.12. The van der Waals surface area contributed by atoms with Crippen LogP contribution in [0.3, 0.4) is 0 Å². The molecule has 21 heavy (non-hydrogen) atoms. The highest BCUT2D eigenvalue weighted by molar-refractivity contribution is 5.97. The number of amides is 2. The summed E-state index contributed by atoms with van der Waals surface area (Å²) in [6.07, 6.45) is 1.88. The second kappa shape index (κ2) is 7.03. The molecule has 1 aromatic heterocycles. The molecule has 0 aromatic carbocycles. The Hall–Kier alpha value is -2.15. The second-order valence-electron chi connectivity index (χ2n) is 4.85. The van der Waals surface area contributed by atoms with Gasteiger partial charge in [-0.2, -0.15) is 0 Å². The van der Waals surface area contributed by atoms with Crippen LogP contribution in [0.5, 0.6) is 5.88 Å². The fraction of sp³-hybridized carbons (Fsp3) is 0.500. The third kappa shape index (κ3) is 3.91. The SMILES string of the molecule is COCCOc1ncccc1C(=O)N[C@@H]1CC(=O)N(C)C1. The molecular weight excluding hydrogens is 274 g/mol. The number of aromatic nitrogens is 1. The summed E-state index contributed by atoms with van der Waals surface area (Å²) < 4.78 is 10.3. The molecule has 1 aromatic rings. The molecule has 2 heterocycles. The first kappa shape index (κ1) is 15.2. The van der Waals surface area contributed by atoms with Gasteiger partial charge in [-0.3, -0.25) is 9.59 Å². The highest BCUT2D eigenvalue weighted by Crippen LogP contribution is 2.16. The Kier molecular flexibility index (Phi) is 5.10. The number of nitrogens with zero attached hydrogens (tertiary/aromatic N) is 2. The van der Waals surface area contributed by atoms with Gasteiger partial charge in [-0.15, -0.1) is 0 Å². The molecule has 0 unspecified atom stereocenters. The van der Waals surface area contributed by atoms with Gasteiger partial charge in [0.25, 0.3) is 5.91 Å². The monoisotopic (exact) mass is 293 g/mol. The minimum atomic E-state index is -0.288. The Labute approximate surface area is 123 Å². The molecule has 1 fully saturated rings. The summed E-state index contributed by atoms with van der Waals surface area (Å²) in [5.74, 6) is 0.0106. The van der Waals surface area contributed by atoms with Gasteiger partial charge in [-0.05, 0) is 12.1 Å². The van der Waals surface area contributed by atoms with Crippen molar-refractivity contribution >= 4 is 11.8 Å². The molecule has 1 aliphatic rings. The molecule has 1 saturated heterocycles. The van der Waals surface area contributed by atoms with Gasteiger partial charge in [0, 0.05) is 33.3 Å². The number of pyridine rings is 1. The summed E-state index contributed by atoms with van der Waals surface area (Å²) in [5, 5.41) is 2.83. The van der Waals surface area contributed by atoms with Crippen LogP contribution in [-0.2, 0) is 9.53 Å². The molecule has 0 aliphatic carbocycles. The van der Waals surface area contributed by atoms with Crippen LogP contribution in [0.25, 0.3) is 0 Å². The van der Waals surface area contributed by atoms with Crippen LogP contribution in [0.1, 0.15) is 16.8 Å². The number of carbonyl (C=O) groups is 2. The Morgan fingerprint density at radius 3 is 3.00 bits per heavy atom.